The smallest absolute Gasteiger partial charge is 0.334 e. The van der Waals surface area contributed by atoms with Crippen molar-refractivity contribution in [2.24, 2.45) is 0 Å². The van der Waals surface area contributed by atoms with Gasteiger partial charge in [0.2, 0.25) is 0 Å². The molecule has 1 fully saturated rings. The van der Waals surface area contributed by atoms with Crippen LogP contribution >= 0.6 is 0 Å². The Balaban J connectivity index is 2.15. The minimum Gasteiger partial charge on any atom is -0.468 e. The zero-order valence-electron chi connectivity index (χ0n) is 9.59. The molecule has 1 aliphatic rings. The monoisotopic (exact) mass is 234 g/mol. The Labute approximate surface area is 99.8 Å². The Morgan fingerprint density at radius 2 is 2.24 bits per heavy atom. The number of esters is 1. The lowest BCUT2D eigenvalue weighted by molar-refractivity contribution is -0.137. The molecule has 1 aromatic rings. The average molecular weight is 234 g/mol. The number of hydrogen-bond donors (Lipinski definition) is 0. The summed E-state index contributed by atoms with van der Waals surface area (Å²) in [6.07, 6.45) is 1.02. The van der Waals surface area contributed by atoms with Crippen molar-refractivity contribution in [3.63, 3.8) is 0 Å². The molecule has 4 nitrogen and oxygen atoms in total. The van der Waals surface area contributed by atoms with Crippen molar-refractivity contribution in [3.05, 3.63) is 47.7 Å². The maximum absolute atomic E-state index is 11.3. The van der Waals surface area contributed by atoms with E-state index in [-0.39, 0.29) is 12.9 Å². The summed E-state index contributed by atoms with van der Waals surface area (Å²) in [4.78, 5) is 11.3. The third kappa shape index (κ3) is 2.85. The van der Waals surface area contributed by atoms with Crippen molar-refractivity contribution in [1.82, 2.24) is 0 Å². The van der Waals surface area contributed by atoms with Gasteiger partial charge < -0.3 is 14.2 Å². The summed E-state index contributed by atoms with van der Waals surface area (Å²) in [6, 6.07) is 9.61. The molecule has 0 aliphatic carbocycles. The van der Waals surface area contributed by atoms with Gasteiger partial charge in [-0.05, 0) is 12.5 Å². The maximum atomic E-state index is 11.3. The Morgan fingerprint density at radius 1 is 1.47 bits per heavy atom. The zero-order valence-corrected chi connectivity index (χ0v) is 9.59. The average Bonchev–Trinajstić information content (AvgIpc) is 2.78. The van der Waals surface area contributed by atoms with Gasteiger partial charge in [0.15, 0.2) is 6.79 Å². The van der Waals surface area contributed by atoms with Gasteiger partial charge >= 0.3 is 5.97 Å². The topological polar surface area (TPSA) is 44.8 Å². The lowest BCUT2D eigenvalue weighted by atomic mass is 10.1. The molecule has 1 heterocycles. The second-order valence-corrected chi connectivity index (χ2v) is 3.52. The normalized spacial score (nSPS) is 21.2. The van der Waals surface area contributed by atoms with E-state index in [2.05, 4.69) is 0 Å². The predicted octanol–water partition coefficient (Wildman–Crippen LogP) is 2.18. The van der Waals surface area contributed by atoms with Crippen molar-refractivity contribution in [2.45, 2.75) is 13.0 Å². The minimum absolute atomic E-state index is 0.158. The van der Waals surface area contributed by atoms with Crippen LogP contribution in [0.3, 0.4) is 0 Å². The van der Waals surface area contributed by atoms with Crippen molar-refractivity contribution >= 4 is 5.97 Å². The Bertz CT molecular complexity index is 411. The number of benzene rings is 1. The van der Waals surface area contributed by atoms with Crippen LogP contribution in [0.5, 0.6) is 0 Å². The number of ether oxygens (including phenoxy) is 3. The second-order valence-electron chi connectivity index (χ2n) is 3.52. The first kappa shape index (κ1) is 11.7. The van der Waals surface area contributed by atoms with E-state index < -0.39 is 5.97 Å². The first-order valence-corrected chi connectivity index (χ1v) is 5.49. The molecule has 0 radical (unpaired) electrons. The van der Waals surface area contributed by atoms with Crippen LogP contribution in [0.4, 0.5) is 0 Å². The fraction of sp³-hybridized carbons (Fsp3) is 0.308. The second kappa shape index (κ2) is 5.50. The molecule has 2 rings (SSSR count). The highest BCUT2D eigenvalue weighted by atomic mass is 16.7. The molecule has 0 unspecified atom stereocenters. The van der Waals surface area contributed by atoms with Crippen LogP contribution in [-0.2, 0) is 19.0 Å². The summed E-state index contributed by atoms with van der Waals surface area (Å²) in [7, 11) is 0. The summed E-state index contributed by atoms with van der Waals surface area (Å²) in [5.41, 5.74) is 0.959. The quantitative estimate of drug-likeness (QED) is 0.594. The molecule has 0 spiro atoms. The lowest BCUT2D eigenvalue weighted by Gasteiger charge is -2.08. The molecule has 90 valence electrons. The van der Waals surface area contributed by atoms with Gasteiger partial charge in [-0.3, -0.25) is 0 Å². The zero-order chi connectivity index (χ0) is 12.1. The van der Waals surface area contributed by atoms with Crippen molar-refractivity contribution < 1.29 is 19.0 Å². The lowest BCUT2D eigenvalue weighted by Crippen LogP contribution is -2.04. The summed E-state index contributed by atoms with van der Waals surface area (Å²) in [5, 5.41) is 0. The molecular formula is C13H14O4. The van der Waals surface area contributed by atoms with Gasteiger partial charge in [-0.15, -0.1) is 0 Å². The number of carbonyl (C=O) groups is 1. The summed E-state index contributed by atoms with van der Waals surface area (Å²) < 4.78 is 15.5. The van der Waals surface area contributed by atoms with Gasteiger partial charge in [-0.1, -0.05) is 30.3 Å². The summed E-state index contributed by atoms with van der Waals surface area (Å²) >= 11 is 0. The van der Waals surface area contributed by atoms with Gasteiger partial charge in [0.1, 0.15) is 11.9 Å². The Morgan fingerprint density at radius 3 is 2.94 bits per heavy atom. The van der Waals surface area contributed by atoms with Crippen LogP contribution in [0.15, 0.2) is 42.2 Å². The van der Waals surface area contributed by atoms with Crippen molar-refractivity contribution in [3.8, 4) is 0 Å². The molecular weight excluding hydrogens is 220 g/mol. The molecule has 0 amide bonds. The van der Waals surface area contributed by atoms with Crippen molar-refractivity contribution in [2.75, 3.05) is 13.4 Å². The molecule has 17 heavy (non-hydrogen) atoms. The molecule has 0 aromatic heterocycles. The minimum atomic E-state index is -0.408. The van der Waals surface area contributed by atoms with Gasteiger partial charge in [-0.2, -0.15) is 0 Å². The van der Waals surface area contributed by atoms with Crippen LogP contribution in [0.1, 0.15) is 18.6 Å². The van der Waals surface area contributed by atoms with E-state index in [4.69, 9.17) is 14.2 Å². The summed E-state index contributed by atoms with van der Waals surface area (Å²) in [5.74, 6) is 0.0866. The highest BCUT2D eigenvalue weighted by molar-refractivity contribution is 5.82. The number of carbonyl (C=O) groups excluding carboxylic acids is 1. The number of hydrogen-bond acceptors (Lipinski definition) is 4. The molecule has 0 saturated carbocycles. The molecule has 0 N–H and O–H groups in total. The molecule has 4 heteroatoms. The predicted molar refractivity (Wildman–Crippen MR) is 60.9 cm³/mol. The van der Waals surface area contributed by atoms with E-state index in [9.17, 15) is 4.79 Å². The molecule has 1 saturated heterocycles. The van der Waals surface area contributed by atoms with Crippen LogP contribution in [0.25, 0.3) is 0 Å². The first-order chi connectivity index (χ1) is 8.31. The first-order valence-electron chi connectivity index (χ1n) is 5.49. The fourth-order valence-corrected chi connectivity index (χ4v) is 1.63. The third-order valence-corrected chi connectivity index (χ3v) is 2.37. The maximum Gasteiger partial charge on any atom is 0.334 e. The number of rotatable bonds is 3. The highest BCUT2D eigenvalue weighted by Crippen LogP contribution is 2.31. The molecule has 1 aromatic carbocycles. The van der Waals surface area contributed by atoms with Crippen molar-refractivity contribution in [1.29, 1.82) is 0 Å². The molecule has 1 atom stereocenters. The molecule has 1 aliphatic heterocycles. The standard InChI is InChI=1S/C13H14O4/c1-2-15-12(14)8-11-13(17-9-16-11)10-6-4-3-5-7-10/h3-8,13H,2,9H2,1H3/b11-8+/t13-/m0/s1. The largest absolute Gasteiger partial charge is 0.468 e. The highest BCUT2D eigenvalue weighted by Gasteiger charge is 2.26. The van der Waals surface area contributed by atoms with E-state index in [1.807, 2.05) is 30.3 Å². The van der Waals surface area contributed by atoms with Gasteiger partial charge in [0.05, 0.1) is 12.7 Å². The van der Waals surface area contributed by atoms with E-state index in [0.29, 0.717) is 12.4 Å². The van der Waals surface area contributed by atoms with E-state index in [1.165, 1.54) is 6.08 Å². The van der Waals surface area contributed by atoms with Gasteiger partial charge in [-0.25, -0.2) is 4.79 Å². The van der Waals surface area contributed by atoms with Crippen LogP contribution in [0.2, 0.25) is 0 Å². The SMILES string of the molecule is CCOC(=O)/C=C1/OCO[C@H]1c1ccccc1. The van der Waals surface area contributed by atoms with Crippen LogP contribution < -0.4 is 0 Å². The van der Waals surface area contributed by atoms with E-state index in [0.717, 1.165) is 5.56 Å². The fourth-order valence-electron chi connectivity index (χ4n) is 1.63. The summed E-state index contributed by atoms with van der Waals surface area (Å²) in [6.45, 7) is 2.27. The van der Waals surface area contributed by atoms with Gasteiger partial charge in [0, 0.05) is 0 Å². The van der Waals surface area contributed by atoms with E-state index >= 15 is 0 Å². The Hall–Kier alpha value is -1.81. The van der Waals surface area contributed by atoms with E-state index in [1.54, 1.807) is 6.92 Å². The third-order valence-electron chi connectivity index (χ3n) is 2.37. The molecule has 0 bridgehead atoms. The van der Waals surface area contributed by atoms with Crippen LogP contribution in [-0.4, -0.2) is 19.4 Å². The van der Waals surface area contributed by atoms with Gasteiger partial charge in [0.25, 0.3) is 0 Å². The Kier molecular flexibility index (Phi) is 3.77. The van der Waals surface area contributed by atoms with Crippen LogP contribution in [0, 0.1) is 0 Å².